The van der Waals surface area contributed by atoms with Gasteiger partial charge in [0.15, 0.2) is 0 Å². The molecule has 2 unspecified atom stereocenters. The maximum absolute atomic E-state index is 11.9. The van der Waals surface area contributed by atoms with Crippen molar-refractivity contribution in [2.24, 2.45) is 11.8 Å². The van der Waals surface area contributed by atoms with Crippen LogP contribution < -0.4 is 0 Å². The van der Waals surface area contributed by atoms with E-state index in [1.807, 2.05) is 6.92 Å². The molecule has 0 radical (unpaired) electrons. The Balaban J connectivity index is 3.79. The highest BCUT2D eigenvalue weighted by atomic mass is 16.6. The number of ether oxygens (including phenoxy) is 1. The van der Waals surface area contributed by atoms with Gasteiger partial charge >= 0.3 is 11.9 Å². The molecule has 0 aromatic heterocycles. The van der Waals surface area contributed by atoms with Crippen molar-refractivity contribution in [2.45, 2.75) is 105 Å². The molecule has 0 aliphatic carbocycles. The lowest BCUT2D eigenvalue weighted by molar-refractivity contribution is -0.163. The third-order valence-corrected chi connectivity index (χ3v) is 4.42. The first-order valence-corrected chi connectivity index (χ1v) is 9.75. The summed E-state index contributed by atoms with van der Waals surface area (Å²) in [6.45, 7) is 8.31. The Bertz CT molecular complexity index is 312. The van der Waals surface area contributed by atoms with Crippen LogP contribution in [0.4, 0.5) is 0 Å². The normalized spacial score (nSPS) is 13.6. The molecule has 0 aliphatic heterocycles. The van der Waals surface area contributed by atoms with Gasteiger partial charge < -0.3 is 4.74 Å². The molecule has 0 fully saturated rings. The van der Waals surface area contributed by atoms with Crippen molar-refractivity contribution in [3.05, 3.63) is 0 Å². The standard InChI is InChI=1S/C20H38O3/c1-5-7-9-11-13-15-18(4)20(22)23-19(21)16-17(3)14-12-10-8-6-2/h17-18H,5-16H2,1-4H3. The Morgan fingerprint density at radius 1 is 0.783 bits per heavy atom. The molecule has 0 N–H and O–H groups in total. The van der Waals surface area contributed by atoms with E-state index in [1.54, 1.807) is 0 Å². The topological polar surface area (TPSA) is 43.4 Å². The molecule has 23 heavy (non-hydrogen) atoms. The third-order valence-electron chi connectivity index (χ3n) is 4.42. The lowest BCUT2D eigenvalue weighted by Crippen LogP contribution is -2.20. The van der Waals surface area contributed by atoms with Crippen LogP contribution in [0.15, 0.2) is 0 Å². The van der Waals surface area contributed by atoms with Gasteiger partial charge in [-0.3, -0.25) is 9.59 Å². The van der Waals surface area contributed by atoms with Gasteiger partial charge in [-0.25, -0.2) is 0 Å². The molecule has 0 heterocycles. The van der Waals surface area contributed by atoms with Gasteiger partial charge in [0.1, 0.15) is 0 Å². The predicted octanol–water partition coefficient (Wildman–Crippen LogP) is 6.05. The van der Waals surface area contributed by atoms with E-state index >= 15 is 0 Å². The van der Waals surface area contributed by atoms with Crippen LogP contribution in [0.25, 0.3) is 0 Å². The van der Waals surface area contributed by atoms with Crippen LogP contribution >= 0.6 is 0 Å². The Morgan fingerprint density at radius 3 is 1.91 bits per heavy atom. The van der Waals surface area contributed by atoms with Crippen LogP contribution in [-0.2, 0) is 14.3 Å². The zero-order valence-electron chi connectivity index (χ0n) is 15.9. The zero-order chi connectivity index (χ0) is 17.5. The number of carbonyl (C=O) groups is 2. The number of hydrogen-bond donors (Lipinski definition) is 0. The smallest absolute Gasteiger partial charge is 0.316 e. The average Bonchev–Trinajstić information content (AvgIpc) is 2.51. The summed E-state index contributed by atoms with van der Waals surface area (Å²) in [6, 6.07) is 0. The van der Waals surface area contributed by atoms with Crippen molar-refractivity contribution in [3.8, 4) is 0 Å². The molecule has 2 atom stereocenters. The fourth-order valence-electron chi connectivity index (χ4n) is 2.73. The summed E-state index contributed by atoms with van der Waals surface area (Å²) in [4.78, 5) is 23.7. The number of hydrogen-bond acceptors (Lipinski definition) is 3. The summed E-state index contributed by atoms with van der Waals surface area (Å²) in [5.41, 5.74) is 0. The van der Waals surface area contributed by atoms with Gasteiger partial charge in [0.05, 0.1) is 5.92 Å². The lowest BCUT2D eigenvalue weighted by atomic mass is 9.99. The van der Waals surface area contributed by atoms with Crippen LogP contribution in [-0.4, -0.2) is 11.9 Å². The summed E-state index contributed by atoms with van der Waals surface area (Å²) in [6.07, 6.45) is 13.0. The van der Waals surface area contributed by atoms with Gasteiger partial charge in [0, 0.05) is 6.42 Å². The monoisotopic (exact) mass is 326 g/mol. The van der Waals surface area contributed by atoms with Crippen molar-refractivity contribution in [1.82, 2.24) is 0 Å². The summed E-state index contributed by atoms with van der Waals surface area (Å²) < 4.78 is 5.01. The minimum absolute atomic E-state index is 0.166. The van der Waals surface area contributed by atoms with E-state index in [-0.39, 0.29) is 17.9 Å². The Morgan fingerprint density at radius 2 is 1.30 bits per heavy atom. The lowest BCUT2D eigenvalue weighted by Gasteiger charge is -2.13. The number of esters is 2. The SMILES string of the molecule is CCCCCCCC(C)C(=O)OC(=O)CC(C)CCCCCC. The van der Waals surface area contributed by atoms with E-state index < -0.39 is 0 Å². The largest absolute Gasteiger partial charge is 0.393 e. The number of unbranched alkanes of at least 4 members (excludes halogenated alkanes) is 7. The molecular weight excluding hydrogens is 288 g/mol. The van der Waals surface area contributed by atoms with Gasteiger partial charge in [-0.2, -0.15) is 0 Å². The highest BCUT2D eigenvalue weighted by Crippen LogP contribution is 2.16. The minimum Gasteiger partial charge on any atom is -0.393 e. The Hall–Kier alpha value is -0.860. The van der Waals surface area contributed by atoms with Crippen molar-refractivity contribution in [3.63, 3.8) is 0 Å². The summed E-state index contributed by atoms with van der Waals surface area (Å²) in [5, 5.41) is 0. The molecule has 136 valence electrons. The van der Waals surface area contributed by atoms with E-state index in [2.05, 4.69) is 20.8 Å². The first-order valence-electron chi connectivity index (χ1n) is 9.75. The van der Waals surface area contributed by atoms with Gasteiger partial charge in [-0.1, -0.05) is 91.9 Å². The van der Waals surface area contributed by atoms with Crippen LogP contribution in [0.3, 0.4) is 0 Å². The van der Waals surface area contributed by atoms with Crippen LogP contribution in [0.5, 0.6) is 0 Å². The summed E-state index contributed by atoms with van der Waals surface area (Å²) >= 11 is 0. The zero-order valence-corrected chi connectivity index (χ0v) is 15.9. The Labute approximate surface area is 143 Å². The predicted molar refractivity (Wildman–Crippen MR) is 96.2 cm³/mol. The van der Waals surface area contributed by atoms with Crippen LogP contribution in [0, 0.1) is 11.8 Å². The Kier molecular flexibility index (Phi) is 14.2. The molecule has 0 bridgehead atoms. The quantitative estimate of drug-likeness (QED) is 0.222. The van der Waals surface area contributed by atoms with Crippen molar-refractivity contribution in [1.29, 1.82) is 0 Å². The number of rotatable bonds is 14. The molecule has 0 aromatic carbocycles. The van der Waals surface area contributed by atoms with Gasteiger partial charge in [0.2, 0.25) is 0 Å². The average molecular weight is 327 g/mol. The maximum atomic E-state index is 11.9. The molecule has 3 nitrogen and oxygen atoms in total. The van der Waals surface area contributed by atoms with Gasteiger partial charge in [-0.05, 0) is 12.3 Å². The molecule has 0 amide bonds. The summed E-state index contributed by atoms with van der Waals surface area (Å²) in [5.74, 6) is -0.559. The van der Waals surface area contributed by atoms with E-state index in [0.29, 0.717) is 12.3 Å². The molecule has 0 spiro atoms. The second kappa shape index (κ2) is 14.7. The second-order valence-corrected chi connectivity index (χ2v) is 7.06. The third kappa shape index (κ3) is 13.3. The fraction of sp³-hybridized carbons (Fsp3) is 0.900. The molecule has 0 aliphatic rings. The number of carbonyl (C=O) groups excluding carboxylic acids is 2. The molecular formula is C20H38O3. The maximum Gasteiger partial charge on any atom is 0.316 e. The van der Waals surface area contributed by atoms with E-state index in [1.165, 1.54) is 38.5 Å². The first kappa shape index (κ1) is 22.1. The van der Waals surface area contributed by atoms with Gasteiger partial charge in [-0.15, -0.1) is 0 Å². The molecule has 0 rings (SSSR count). The van der Waals surface area contributed by atoms with Gasteiger partial charge in [0.25, 0.3) is 0 Å². The van der Waals surface area contributed by atoms with Crippen molar-refractivity contribution in [2.75, 3.05) is 0 Å². The molecule has 0 saturated heterocycles. The molecule has 3 heteroatoms. The highest BCUT2D eigenvalue weighted by molar-refractivity contribution is 5.86. The van der Waals surface area contributed by atoms with Crippen molar-refractivity contribution < 1.29 is 14.3 Å². The van der Waals surface area contributed by atoms with Crippen molar-refractivity contribution >= 4 is 11.9 Å². The van der Waals surface area contributed by atoms with Crippen LogP contribution in [0.2, 0.25) is 0 Å². The van der Waals surface area contributed by atoms with Crippen LogP contribution in [0.1, 0.15) is 105 Å². The molecule has 0 saturated carbocycles. The fourth-order valence-corrected chi connectivity index (χ4v) is 2.73. The second-order valence-electron chi connectivity index (χ2n) is 7.06. The van der Waals surface area contributed by atoms with E-state index in [4.69, 9.17) is 4.74 Å². The summed E-state index contributed by atoms with van der Waals surface area (Å²) in [7, 11) is 0. The molecule has 0 aromatic rings. The van der Waals surface area contributed by atoms with E-state index in [9.17, 15) is 9.59 Å². The first-order chi connectivity index (χ1) is 11.0. The van der Waals surface area contributed by atoms with E-state index in [0.717, 1.165) is 32.1 Å². The minimum atomic E-state index is -0.351. The highest BCUT2D eigenvalue weighted by Gasteiger charge is 2.19.